The van der Waals surface area contributed by atoms with Gasteiger partial charge in [0.25, 0.3) is 0 Å². The van der Waals surface area contributed by atoms with E-state index in [0.29, 0.717) is 6.04 Å². The second-order valence-electron chi connectivity index (χ2n) is 6.20. The number of hydrogen-bond donors (Lipinski definition) is 0. The van der Waals surface area contributed by atoms with Gasteiger partial charge < -0.3 is 4.90 Å². The molecule has 0 N–H and O–H groups in total. The van der Waals surface area contributed by atoms with E-state index in [1.807, 2.05) is 43.0 Å². The number of pyridine rings is 3. The molecule has 0 amide bonds. The van der Waals surface area contributed by atoms with Gasteiger partial charge in [0.2, 0.25) is 0 Å². The zero-order chi connectivity index (χ0) is 15.6. The maximum absolute atomic E-state index is 4.92. The largest absolute Gasteiger partial charge is 0.367 e. The fourth-order valence-electron chi connectivity index (χ4n) is 3.40. The lowest BCUT2D eigenvalue weighted by molar-refractivity contribution is 0.485. The van der Waals surface area contributed by atoms with Crippen LogP contribution in [0.4, 0.5) is 5.69 Å². The molecule has 4 rings (SSSR count). The van der Waals surface area contributed by atoms with Gasteiger partial charge in [-0.25, -0.2) is 4.98 Å². The lowest BCUT2D eigenvalue weighted by Crippen LogP contribution is -2.37. The molecule has 0 radical (unpaired) electrons. The van der Waals surface area contributed by atoms with Crippen LogP contribution in [0.1, 0.15) is 26.2 Å². The van der Waals surface area contributed by atoms with Gasteiger partial charge in [-0.05, 0) is 50.5 Å². The average molecular weight is 304 g/mol. The van der Waals surface area contributed by atoms with E-state index < -0.39 is 0 Å². The normalized spacial score (nSPS) is 18.3. The molecule has 1 unspecified atom stereocenters. The smallest absolute Gasteiger partial charge is 0.0944 e. The summed E-state index contributed by atoms with van der Waals surface area (Å²) in [6.07, 6.45) is 11.1. The Labute approximate surface area is 136 Å². The predicted octanol–water partition coefficient (Wildman–Crippen LogP) is 4.07. The lowest BCUT2D eigenvalue weighted by atomic mass is 10.0. The van der Waals surface area contributed by atoms with Crippen LogP contribution in [0, 0.1) is 0 Å². The van der Waals surface area contributed by atoms with Crippen molar-refractivity contribution in [3.8, 4) is 11.3 Å². The second-order valence-corrected chi connectivity index (χ2v) is 6.20. The highest BCUT2D eigenvalue weighted by atomic mass is 15.2. The highest BCUT2D eigenvalue weighted by molar-refractivity contribution is 5.88. The molecule has 1 fully saturated rings. The molecule has 0 spiro atoms. The van der Waals surface area contributed by atoms with Gasteiger partial charge in [0.1, 0.15) is 0 Å². The van der Waals surface area contributed by atoms with Gasteiger partial charge >= 0.3 is 0 Å². The van der Waals surface area contributed by atoms with Crippen molar-refractivity contribution in [2.45, 2.75) is 32.2 Å². The fourth-order valence-corrected chi connectivity index (χ4v) is 3.40. The van der Waals surface area contributed by atoms with Crippen molar-refractivity contribution in [1.82, 2.24) is 15.0 Å². The molecular formula is C19H20N4. The number of fused-ring (bicyclic) bond motifs is 1. The first-order valence-corrected chi connectivity index (χ1v) is 8.25. The predicted molar refractivity (Wildman–Crippen MR) is 93.4 cm³/mol. The summed E-state index contributed by atoms with van der Waals surface area (Å²) in [5.74, 6) is 0. The van der Waals surface area contributed by atoms with Crippen molar-refractivity contribution in [2.75, 3.05) is 11.4 Å². The topological polar surface area (TPSA) is 41.9 Å². The van der Waals surface area contributed by atoms with Crippen LogP contribution in [0.5, 0.6) is 0 Å². The number of anilines is 1. The van der Waals surface area contributed by atoms with Crippen LogP contribution in [-0.2, 0) is 0 Å². The number of piperidine rings is 1. The van der Waals surface area contributed by atoms with Crippen molar-refractivity contribution in [1.29, 1.82) is 0 Å². The molecule has 0 bridgehead atoms. The van der Waals surface area contributed by atoms with Crippen molar-refractivity contribution < 1.29 is 0 Å². The van der Waals surface area contributed by atoms with E-state index in [2.05, 4.69) is 27.9 Å². The molecule has 4 heterocycles. The van der Waals surface area contributed by atoms with Crippen molar-refractivity contribution >= 4 is 16.6 Å². The van der Waals surface area contributed by atoms with E-state index >= 15 is 0 Å². The highest BCUT2D eigenvalue weighted by Crippen LogP contribution is 2.35. The molecule has 1 aliphatic rings. The van der Waals surface area contributed by atoms with Crippen LogP contribution in [0.15, 0.2) is 49.1 Å². The Morgan fingerprint density at radius 2 is 1.87 bits per heavy atom. The Kier molecular flexibility index (Phi) is 3.66. The van der Waals surface area contributed by atoms with E-state index in [4.69, 9.17) is 4.98 Å². The molecule has 0 aliphatic carbocycles. The van der Waals surface area contributed by atoms with Crippen LogP contribution in [0.25, 0.3) is 22.2 Å². The summed E-state index contributed by atoms with van der Waals surface area (Å²) in [5, 5.41) is 1.14. The third-order valence-corrected chi connectivity index (χ3v) is 4.67. The summed E-state index contributed by atoms with van der Waals surface area (Å²) in [4.78, 5) is 15.8. The Morgan fingerprint density at radius 1 is 1.04 bits per heavy atom. The Balaban J connectivity index is 1.92. The molecule has 1 saturated heterocycles. The summed E-state index contributed by atoms with van der Waals surface area (Å²) in [6.45, 7) is 3.41. The highest BCUT2D eigenvalue weighted by Gasteiger charge is 2.22. The first-order valence-electron chi connectivity index (χ1n) is 8.25. The van der Waals surface area contributed by atoms with Gasteiger partial charge in [0.15, 0.2) is 0 Å². The van der Waals surface area contributed by atoms with E-state index in [-0.39, 0.29) is 0 Å². The van der Waals surface area contributed by atoms with Crippen LogP contribution in [0.2, 0.25) is 0 Å². The number of rotatable bonds is 2. The van der Waals surface area contributed by atoms with Crippen LogP contribution < -0.4 is 4.90 Å². The third-order valence-electron chi connectivity index (χ3n) is 4.67. The zero-order valence-corrected chi connectivity index (χ0v) is 13.3. The minimum atomic E-state index is 0.547. The van der Waals surface area contributed by atoms with E-state index in [9.17, 15) is 0 Å². The molecule has 0 saturated carbocycles. The van der Waals surface area contributed by atoms with Gasteiger partial charge in [-0.1, -0.05) is 0 Å². The molecule has 4 nitrogen and oxygen atoms in total. The lowest BCUT2D eigenvalue weighted by Gasteiger charge is -2.36. The molecule has 0 aromatic carbocycles. The van der Waals surface area contributed by atoms with Crippen molar-refractivity contribution in [2.24, 2.45) is 0 Å². The standard InChI is InChI=1S/C19H20N4/c1-14-4-2-3-11-23(14)18-12-16-7-10-21-13-17(16)22-19(18)15-5-8-20-9-6-15/h5-10,12-14H,2-4,11H2,1H3. The number of hydrogen-bond acceptors (Lipinski definition) is 4. The van der Waals surface area contributed by atoms with E-state index in [0.717, 1.165) is 28.7 Å². The Morgan fingerprint density at radius 3 is 2.70 bits per heavy atom. The van der Waals surface area contributed by atoms with Crippen LogP contribution in [-0.4, -0.2) is 27.5 Å². The number of aromatic nitrogens is 3. The Hall–Kier alpha value is -2.49. The summed E-state index contributed by atoms with van der Waals surface area (Å²) < 4.78 is 0. The molecule has 1 atom stereocenters. The van der Waals surface area contributed by atoms with Gasteiger partial charge in [-0.2, -0.15) is 0 Å². The average Bonchev–Trinajstić information content (AvgIpc) is 2.62. The second kappa shape index (κ2) is 5.95. The van der Waals surface area contributed by atoms with Gasteiger partial charge in [-0.15, -0.1) is 0 Å². The third kappa shape index (κ3) is 2.65. The first-order chi connectivity index (χ1) is 11.3. The molecule has 4 heteroatoms. The SMILES string of the molecule is CC1CCCCN1c1cc2ccncc2nc1-c1ccncc1. The van der Waals surface area contributed by atoms with Gasteiger partial charge in [0, 0.05) is 42.1 Å². The summed E-state index contributed by atoms with van der Waals surface area (Å²) in [6, 6.07) is 8.91. The van der Waals surface area contributed by atoms with Crippen molar-refractivity contribution in [3.63, 3.8) is 0 Å². The fraction of sp³-hybridized carbons (Fsp3) is 0.316. The summed E-state index contributed by atoms with van der Waals surface area (Å²) >= 11 is 0. The van der Waals surface area contributed by atoms with Gasteiger partial charge in [0.05, 0.1) is 23.1 Å². The maximum atomic E-state index is 4.92. The van der Waals surface area contributed by atoms with E-state index in [1.54, 1.807) is 0 Å². The monoisotopic (exact) mass is 304 g/mol. The summed E-state index contributed by atoms with van der Waals surface area (Å²) in [5.41, 5.74) is 4.30. The van der Waals surface area contributed by atoms with Crippen LogP contribution >= 0.6 is 0 Å². The number of nitrogens with zero attached hydrogens (tertiary/aromatic N) is 4. The molecule has 1 aliphatic heterocycles. The molecule has 23 heavy (non-hydrogen) atoms. The molecule has 3 aromatic rings. The first kappa shape index (κ1) is 14.1. The van der Waals surface area contributed by atoms with E-state index in [1.165, 1.54) is 24.9 Å². The minimum absolute atomic E-state index is 0.547. The minimum Gasteiger partial charge on any atom is -0.367 e. The van der Waals surface area contributed by atoms with Crippen LogP contribution in [0.3, 0.4) is 0 Å². The molecule has 116 valence electrons. The van der Waals surface area contributed by atoms with Crippen molar-refractivity contribution in [3.05, 3.63) is 49.1 Å². The summed E-state index contributed by atoms with van der Waals surface area (Å²) in [7, 11) is 0. The Bertz CT molecular complexity index is 816. The molecule has 3 aromatic heterocycles. The maximum Gasteiger partial charge on any atom is 0.0944 e. The zero-order valence-electron chi connectivity index (χ0n) is 13.3. The molecular weight excluding hydrogens is 284 g/mol. The van der Waals surface area contributed by atoms with Gasteiger partial charge in [-0.3, -0.25) is 9.97 Å². The quantitative estimate of drug-likeness (QED) is 0.715.